The van der Waals surface area contributed by atoms with Gasteiger partial charge in [0.25, 0.3) is 51.7 Å². The fourth-order valence-corrected chi connectivity index (χ4v) is 7.55. The molecule has 0 aliphatic heterocycles. The van der Waals surface area contributed by atoms with Crippen LogP contribution in [0.4, 0.5) is 53.0 Å². The quantitative estimate of drug-likeness (QED) is 0.0375. The molecule has 0 radical (unpaired) electrons. The highest BCUT2D eigenvalue weighted by Gasteiger charge is 2.38. The first-order chi connectivity index (χ1) is 27.4. The number of nitro benzene ring substituents is 1. The Balaban J connectivity index is 1.72. The van der Waals surface area contributed by atoms with Gasteiger partial charge in [-0.15, -0.1) is 25.6 Å². The highest BCUT2D eigenvalue weighted by molar-refractivity contribution is 7.86. The van der Waals surface area contributed by atoms with E-state index >= 15 is 0 Å². The van der Waals surface area contributed by atoms with Gasteiger partial charge in [-0.05, 0) is 41.8 Å². The molecule has 0 spiro atoms. The minimum atomic E-state index is -5.58. The molecule has 4 aromatic carbocycles. The van der Waals surface area contributed by atoms with Crippen molar-refractivity contribution >= 4 is 91.1 Å². The molecule has 0 atom stereocenters. The number of hydrogen-bond donors (Lipinski definition) is 7. The molecule has 1 aromatic heterocycles. The number of fused-ring (bicyclic) bond motifs is 1. The van der Waals surface area contributed by atoms with Gasteiger partial charge in [0.2, 0.25) is 0 Å². The van der Waals surface area contributed by atoms with Crippen LogP contribution >= 0.6 is 0 Å². The number of non-ortho nitro benzene ring substituents is 1. The molecule has 0 aliphatic carbocycles. The van der Waals surface area contributed by atoms with Crippen LogP contribution in [0.3, 0.4) is 0 Å². The Bertz CT molecular complexity index is 3290. The second-order valence-electron chi connectivity index (χ2n) is 11.5. The number of aromatic hydroxyl groups is 2. The maximum atomic E-state index is 13.4. The van der Waals surface area contributed by atoms with E-state index in [2.05, 4.69) is 30.7 Å². The van der Waals surface area contributed by atoms with E-state index in [-0.39, 0.29) is 0 Å². The van der Waals surface area contributed by atoms with Crippen molar-refractivity contribution in [2.75, 3.05) is 0 Å². The summed E-state index contributed by atoms with van der Waals surface area (Å²) in [5, 5.41) is 53.4. The molecule has 33 heteroatoms. The molecule has 26 nitrogen and oxygen atoms in total. The van der Waals surface area contributed by atoms with Crippen molar-refractivity contribution in [3.05, 3.63) is 74.7 Å². The van der Waals surface area contributed by atoms with E-state index < -0.39 is 144 Å². The van der Waals surface area contributed by atoms with Crippen molar-refractivity contribution in [2.24, 2.45) is 37.7 Å². The number of nitrogens with zero attached hydrogens (tertiary/aromatic N) is 8. The molecule has 60 heavy (non-hydrogen) atoms. The van der Waals surface area contributed by atoms with Crippen LogP contribution in [0.25, 0.3) is 10.8 Å². The maximum Gasteiger partial charge on any atom is 0.435 e. The number of benzene rings is 4. The number of nitrogens with one attached hydrogen (secondary N) is 1. The standard InChI is InChI=1S/C27H18F3N9O17S4/c1-38-26(42)22(25(37-38)27(28,29)30)36-31-11-2-4-13(15(8-11)57(45,46)47)32-34-20-17(59(51,52)53)6-10-7-18(60(54,55)56)21(24(41)19(10)23(20)40)35-33-14-5-3-12(39(43)44)9-16(14)58(48,49)50/h2-9,37,40-41H,1H3,(H,45,46,47)(H,48,49,50)(H,51,52,53)(H,54,55,56). The second-order valence-corrected chi connectivity index (χ2v) is 17.1. The third-order valence-corrected chi connectivity index (χ3v) is 11.0. The summed E-state index contributed by atoms with van der Waals surface area (Å²) in [4.78, 5) is 16.8. The fraction of sp³-hybridized carbons (Fsp3) is 0.0741. The van der Waals surface area contributed by atoms with Gasteiger partial charge >= 0.3 is 6.18 Å². The number of halogens is 3. The van der Waals surface area contributed by atoms with Crippen LogP contribution in [-0.2, 0) is 53.7 Å². The Labute approximate surface area is 329 Å². The van der Waals surface area contributed by atoms with Gasteiger partial charge in [0.1, 0.15) is 42.3 Å². The number of aromatic nitrogens is 2. The topological polar surface area (TPSA) is 413 Å². The number of aryl methyl sites for hydroxylation is 1. The molecule has 0 bridgehead atoms. The van der Waals surface area contributed by atoms with Gasteiger partial charge in [0, 0.05) is 19.2 Å². The third kappa shape index (κ3) is 9.00. The van der Waals surface area contributed by atoms with Gasteiger partial charge in [-0.3, -0.25) is 42.9 Å². The van der Waals surface area contributed by atoms with Crippen LogP contribution in [-0.4, -0.2) is 76.8 Å². The minimum Gasteiger partial charge on any atom is -0.505 e. The summed E-state index contributed by atoms with van der Waals surface area (Å²) in [6, 6.07) is 4.16. The Morgan fingerprint density at radius 1 is 0.650 bits per heavy atom. The molecule has 0 saturated carbocycles. The first-order valence-corrected chi connectivity index (χ1v) is 20.7. The zero-order valence-corrected chi connectivity index (χ0v) is 31.9. The summed E-state index contributed by atoms with van der Waals surface area (Å²) in [5.41, 5.74) is -10.3. The lowest BCUT2D eigenvalue weighted by atomic mass is 10.1. The van der Waals surface area contributed by atoms with Crippen LogP contribution in [0.1, 0.15) is 5.69 Å². The molecular weight excluding hydrogens is 908 g/mol. The monoisotopic (exact) mass is 925 g/mol. The summed E-state index contributed by atoms with van der Waals surface area (Å²) < 4.78 is 178. The van der Waals surface area contributed by atoms with Gasteiger partial charge in [0.05, 0.1) is 16.0 Å². The normalized spacial score (nSPS) is 13.3. The molecule has 0 unspecified atom stereocenters. The van der Waals surface area contributed by atoms with Crippen molar-refractivity contribution in [1.82, 2.24) is 9.78 Å². The van der Waals surface area contributed by atoms with E-state index in [4.69, 9.17) is 0 Å². The molecule has 5 rings (SSSR count). The largest absolute Gasteiger partial charge is 0.505 e. The van der Waals surface area contributed by atoms with Gasteiger partial charge in [-0.2, -0.15) is 52.0 Å². The van der Waals surface area contributed by atoms with E-state index in [9.17, 15) is 90.2 Å². The van der Waals surface area contributed by atoms with Gasteiger partial charge < -0.3 is 10.2 Å². The van der Waals surface area contributed by atoms with Crippen molar-refractivity contribution in [3.8, 4) is 11.5 Å². The zero-order chi connectivity index (χ0) is 45.1. The average molecular weight is 926 g/mol. The molecular formula is C27H18F3N9O17S4. The molecule has 0 fully saturated rings. The minimum absolute atomic E-state index is 0.318. The summed E-state index contributed by atoms with van der Waals surface area (Å²) in [6.07, 6.45) is -5.12. The number of azo groups is 3. The first kappa shape index (κ1) is 44.5. The molecule has 0 amide bonds. The molecule has 1 heterocycles. The summed E-state index contributed by atoms with van der Waals surface area (Å²) in [6.45, 7) is 0. The molecule has 5 aromatic rings. The van der Waals surface area contributed by atoms with E-state index in [1.165, 1.54) is 0 Å². The fourth-order valence-electron chi connectivity index (χ4n) is 4.95. The van der Waals surface area contributed by atoms with Crippen molar-refractivity contribution in [2.45, 2.75) is 25.8 Å². The molecule has 318 valence electrons. The van der Waals surface area contributed by atoms with Crippen LogP contribution < -0.4 is 5.56 Å². The Hall–Kier alpha value is -6.62. The lowest BCUT2D eigenvalue weighted by Crippen LogP contribution is -2.10. The van der Waals surface area contributed by atoms with Crippen LogP contribution in [0, 0.1) is 10.1 Å². The second kappa shape index (κ2) is 15.2. The van der Waals surface area contributed by atoms with E-state index in [0.29, 0.717) is 47.1 Å². The smallest absolute Gasteiger partial charge is 0.435 e. The summed E-state index contributed by atoms with van der Waals surface area (Å²) in [5.74, 6) is -3.05. The van der Waals surface area contributed by atoms with E-state index in [1.807, 2.05) is 0 Å². The number of rotatable bonds is 11. The Kier molecular flexibility index (Phi) is 11.3. The summed E-state index contributed by atoms with van der Waals surface area (Å²) >= 11 is 0. The van der Waals surface area contributed by atoms with Gasteiger partial charge in [0.15, 0.2) is 22.9 Å². The number of phenols is 2. The summed E-state index contributed by atoms with van der Waals surface area (Å²) in [7, 11) is -20.9. The predicted octanol–water partition coefficient (Wildman–Crippen LogP) is 5.44. The number of nitro groups is 1. The molecule has 0 aliphatic rings. The maximum absolute atomic E-state index is 13.4. The number of phenolic OH excluding ortho intramolecular Hbond substituents is 2. The van der Waals surface area contributed by atoms with Crippen molar-refractivity contribution < 1.29 is 80.2 Å². The highest BCUT2D eigenvalue weighted by atomic mass is 32.2. The van der Waals surface area contributed by atoms with Crippen LogP contribution in [0.15, 0.2) is 104 Å². The van der Waals surface area contributed by atoms with Crippen LogP contribution in [0.2, 0.25) is 0 Å². The first-order valence-electron chi connectivity index (χ1n) is 14.9. The highest BCUT2D eigenvalue weighted by Crippen LogP contribution is 2.50. The third-order valence-electron chi connectivity index (χ3n) is 7.55. The number of aromatic amines is 1. The SMILES string of the molecule is Cn1[nH]c(C(F)(F)F)c(N=Nc2ccc(N=Nc3c(S(=O)(=O)O)cc4cc(S(=O)(=O)O)c(N=Nc5ccc([N+](=O)[O-])cc5S(=O)(=O)O)c(O)c4c3O)c(S(=O)(=O)O)c2)c1=O. The van der Waals surface area contributed by atoms with Gasteiger partial charge in [-0.25, -0.2) is 0 Å². The van der Waals surface area contributed by atoms with Crippen molar-refractivity contribution in [1.29, 1.82) is 0 Å². The van der Waals surface area contributed by atoms with Crippen LogP contribution in [0.5, 0.6) is 11.5 Å². The van der Waals surface area contributed by atoms with Gasteiger partial charge in [-0.1, -0.05) is 0 Å². The molecule has 0 saturated heterocycles. The lowest BCUT2D eigenvalue weighted by Gasteiger charge is -2.13. The lowest BCUT2D eigenvalue weighted by molar-refractivity contribution is -0.385. The van der Waals surface area contributed by atoms with E-state index in [0.717, 1.165) is 13.1 Å². The predicted molar refractivity (Wildman–Crippen MR) is 190 cm³/mol. The van der Waals surface area contributed by atoms with E-state index in [1.54, 1.807) is 5.10 Å². The number of H-pyrrole nitrogens is 1. The molecule has 7 N–H and O–H groups in total. The Morgan fingerprint density at radius 3 is 1.52 bits per heavy atom. The Morgan fingerprint density at radius 2 is 1.08 bits per heavy atom. The zero-order valence-electron chi connectivity index (χ0n) is 28.6. The number of hydrogen-bond acceptors (Lipinski definition) is 19. The number of alkyl halides is 3. The average Bonchev–Trinajstić information content (AvgIpc) is 3.40. The van der Waals surface area contributed by atoms with Crippen molar-refractivity contribution in [3.63, 3.8) is 0 Å².